The standard InChI is InChI=1S/C10H13NO6S2/c12-10(13)9(6-18(14)15)11-19(16,17)7-8-4-2-1-3-5-8/h1-5,9,11H,6-7H2,(H,12,13)(H,14,15)/t9-/m0/s1. The lowest BCUT2D eigenvalue weighted by atomic mass is 10.2. The minimum Gasteiger partial charge on any atom is -0.480 e. The third-order valence-electron chi connectivity index (χ3n) is 2.13. The van der Waals surface area contributed by atoms with Gasteiger partial charge in [0.2, 0.25) is 10.0 Å². The van der Waals surface area contributed by atoms with Crippen molar-refractivity contribution in [3.05, 3.63) is 35.9 Å². The molecule has 106 valence electrons. The highest BCUT2D eigenvalue weighted by Crippen LogP contribution is 2.05. The van der Waals surface area contributed by atoms with Crippen molar-refractivity contribution in [3.8, 4) is 0 Å². The van der Waals surface area contributed by atoms with E-state index < -0.39 is 44.6 Å². The summed E-state index contributed by atoms with van der Waals surface area (Å²) in [5, 5.41) is 8.78. The first-order valence-corrected chi connectivity index (χ1v) is 8.07. The molecule has 0 fully saturated rings. The van der Waals surface area contributed by atoms with Crippen molar-refractivity contribution in [2.45, 2.75) is 11.8 Å². The Morgan fingerprint density at radius 1 is 1.32 bits per heavy atom. The van der Waals surface area contributed by atoms with E-state index in [2.05, 4.69) is 0 Å². The molecule has 1 aromatic carbocycles. The number of sulfonamides is 1. The van der Waals surface area contributed by atoms with Gasteiger partial charge >= 0.3 is 5.97 Å². The average Bonchev–Trinajstić information content (AvgIpc) is 2.27. The van der Waals surface area contributed by atoms with Crippen molar-refractivity contribution >= 4 is 27.1 Å². The van der Waals surface area contributed by atoms with Crippen LogP contribution in [0.15, 0.2) is 30.3 Å². The highest BCUT2D eigenvalue weighted by molar-refractivity contribution is 7.88. The number of nitrogens with one attached hydrogen (secondary N) is 1. The van der Waals surface area contributed by atoms with Gasteiger partial charge in [0.1, 0.15) is 6.04 Å². The highest BCUT2D eigenvalue weighted by Gasteiger charge is 2.25. The van der Waals surface area contributed by atoms with Crippen LogP contribution in [0.2, 0.25) is 0 Å². The van der Waals surface area contributed by atoms with E-state index in [9.17, 15) is 17.4 Å². The lowest BCUT2D eigenvalue weighted by Crippen LogP contribution is -2.44. The van der Waals surface area contributed by atoms with Crippen LogP contribution in [0, 0.1) is 0 Å². The van der Waals surface area contributed by atoms with Crippen molar-refractivity contribution in [2.24, 2.45) is 0 Å². The van der Waals surface area contributed by atoms with E-state index in [4.69, 9.17) is 9.66 Å². The molecular weight excluding hydrogens is 294 g/mol. The van der Waals surface area contributed by atoms with Gasteiger partial charge in [-0.2, -0.15) is 4.72 Å². The molecule has 1 aromatic rings. The summed E-state index contributed by atoms with van der Waals surface area (Å²) in [5.74, 6) is -2.60. The third-order valence-corrected chi connectivity index (χ3v) is 4.10. The minimum absolute atomic E-state index is 0.393. The summed E-state index contributed by atoms with van der Waals surface area (Å²) in [7, 11) is -3.90. The van der Waals surface area contributed by atoms with Crippen LogP contribution in [0.3, 0.4) is 0 Å². The van der Waals surface area contributed by atoms with Gasteiger partial charge in [-0.25, -0.2) is 12.6 Å². The van der Waals surface area contributed by atoms with Crippen LogP contribution in [0.1, 0.15) is 5.56 Å². The van der Waals surface area contributed by atoms with Gasteiger partial charge in [0.15, 0.2) is 11.1 Å². The Bertz CT molecular complexity index is 557. The number of aliphatic carboxylic acids is 1. The average molecular weight is 307 g/mol. The second kappa shape index (κ2) is 6.75. The van der Waals surface area contributed by atoms with Gasteiger partial charge in [-0.1, -0.05) is 30.3 Å². The van der Waals surface area contributed by atoms with Crippen LogP contribution < -0.4 is 4.72 Å². The zero-order chi connectivity index (χ0) is 14.5. The smallest absolute Gasteiger partial charge is 0.322 e. The minimum atomic E-state index is -3.90. The summed E-state index contributed by atoms with van der Waals surface area (Å²) in [4.78, 5) is 10.8. The molecule has 0 aliphatic heterocycles. The normalized spacial score (nSPS) is 14.8. The molecule has 0 aliphatic carbocycles. The first-order chi connectivity index (χ1) is 8.80. The van der Waals surface area contributed by atoms with Crippen molar-refractivity contribution in [2.75, 3.05) is 5.75 Å². The molecule has 0 aromatic heterocycles. The van der Waals surface area contributed by atoms with E-state index in [-0.39, 0.29) is 0 Å². The summed E-state index contributed by atoms with van der Waals surface area (Å²) in [6.07, 6.45) is 0. The molecule has 3 N–H and O–H groups in total. The third kappa shape index (κ3) is 5.92. The van der Waals surface area contributed by atoms with Gasteiger partial charge in [-0.05, 0) is 5.56 Å². The second-order valence-electron chi connectivity index (χ2n) is 3.74. The summed E-state index contributed by atoms with van der Waals surface area (Å²) in [5.41, 5.74) is 0.490. The van der Waals surface area contributed by atoms with Crippen LogP contribution in [-0.2, 0) is 31.7 Å². The van der Waals surface area contributed by atoms with Crippen LogP contribution in [0.5, 0.6) is 0 Å². The number of hydrogen-bond acceptors (Lipinski definition) is 4. The Labute approximate surface area is 113 Å². The number of carbonyl (C=O) groups is 1. The lowest BCUT2D eigenvalue weighted by Gasteiger charge is -2.13. The van der Waals surface area contributed by atoms with Crippen molar-refractivity contribution in [1.29, 1.82) is 0 Å². The molecule has 0 saturated heterocycles. The largest absolute Gasteiger partial charge is 0.480 e. The van der Waals surface area contributed by atoms with Gasteiger partial charge in [0.25, 0.3) is 0 Å². The fraction of sp³-hybridized carbons (Fsp3) is 0.300. The van der Waals surface area contributed by atoms with Gasteiger partial charge in [0, 0.05) is 0 Å². The predicted molar refractivity (Wildman–Crippen MR) is 69.3 cm³/mol. The van der Waals surface area contributed by atoms with Crippen LogP contribution in [0.4, 0.5) is 0 Å². The quantitative estimate of drug-likeness (QED) is 0.599. The first kappa shape index (κ1) is 15.8. The van der Waals surface area contributed by atoms with Gasteiger partial charge < -0.3 is 9.66 Å². The first-order valence-electron chi connectivity index (χ1n) is 5.14. The van der Waals surface area contributed by atoms with Gasteiger partial charge in [0.05, 0.1) is 11.5 Å². The SMILES string of the molecule is O=C(O)[C@H](CS(=O)O)NS(=O)(=O)Cc1ccccc1. The van der Waals surface area contributed by atoms with Crippen molar-refractivity contribution in [1.82, 2.24) is 4.72 Å². The number of rotatable bonds is 7. The Kier molecular flexibility index (Phi) is 5.60. The lowest BCUT2D eigenvalue weighted by molar-refractivity contribution is -0.138. The maximum absolute atomic E-state index is 11.7. The molecule has 0 saturated carbocycles. The van der Waals surface area contributed by atoms with E-state index in [0.717, 1.165) is 0 Å². The highest BCUT2D eigenvalue weighted by atomic mass is 32.2. The summed E-state index contributed by atoms with van der Waals surface area (Å²) < 4.78 is 44.6. The summed E-state index contributed by atoms with van der Waals surface area (Å²) in [6, 6.07) is 6.57. The maximum Gasteiger partial charge on any atom is 0.322 e. The maximum atomic E-state index is 11.7. The molecule has 1 unspecified atom stereocenters. The van der Waals surface area contributed by atoms with E-state index in [1.54, 1.807) is 30.3 Å². The van der Waals surface area contributed by atoms with E-state index >= 15 is 0 Å². The Balaban J connectivity index is 2.77. The number of carboxylic acid groups (broad SMARTS) is 1. The summed E-state index contributed by atoms with van der Waals surface area (Å²) >= 11 is -2.41. The summed E-state index contributed by atoms with van der Waals surface area (Å²) in [6.45, 7) is 0. The van der Waals surface area contributed by atoms with Gasteiger partial charge in [-0.15, -0.1) is 0 Å². The Hall–Kier alpha value is -1.29. The zero-order valence-electron chi connectivity index (χ0n) is 9.72. The molecule has 0 heterocycles. The molecule has 2 atom stereocenters. The van der Waals surface area contributed by atoms with Crippen molar-refractivity contribution in [3.63, 3.8) is 0 Å². The Morgan fingerprint density at radius 2 is 1.89 bits per heavy atom. The molecule has 7 nitrogen and oxygen atoms in total. The molecular formula is C10H13NO6S2. The van der Waals surface area contributed by atoms with E-state index in [1.165, 1.54) is 0 Å². The molecule has 0 radical (unpaired) electrons. The molecule has 0 spiro atoms. The second-order valence-corrected chi connectivity index (χ2v) is 6.47. The zero-order valence-corrected chi connectivity index (χ0v) is 11.4. The number of hydrogen-bond donors (Lipinski definition) is 3. The monoisotopic (exact) mass is 307 g/mol. The van der Waals surface area contributed by atoms with Crippen molar-refractivity contribution < 1.29 is 27.1 Å². The molecule has 1 rings (SSSR count). The molecule has 0 aliphatic rings. The predicted octanol–water partition coefficient (Wildman–Crippen LogP) is -0.219. The number of benzene rings is 1. The van der Waals surface area contributed by atoms with Gasteiger partial charge in [-0.3, -0.25) is 4.79 Å². The fourth-order valence-electron chi connectivity index (χ4n) is 1.35. The molecule has 0 amide bonds. The molecule has 19 heavy (non-hydrogen) atoms. The fourth-order valence-corrected chi connectivity index (χ4v) is 3.30. The van der Waals surface area contributed by atoms with Crippen LogP contribution in [-0.4, -0.2) is 40.0 Å². The number of carboxylic acids is 1. The van der Waals surface area contributed by atoms with E-state index in [0.29, 0.717) is 5.56 Å². The molecule has 0 bridgehead atoms. The van der Waals surface area contributed by atoms with E-state index in [1.807, 2.05) is 4.72 Å². The van der Waals surface area contributed by atoms with Crippen LogP contribution >= 0.6 is 0 Å². The topological polar surface area (TPSA) is 121 Å². The molecule has 9 heteroatoms. The Morgan fingerprint density at radius 3 is 2.37 bits per heavy atom. The van der Waals surface area contributed by atoms with Crippen LogP contribution in [0.25, 0.3) is 0 Å².